The van der Waals surface area contributed by atoms with Crippen molar-refractivity contribution in [2.24, 2.45) is 11.7 Å². The summed E-state index contributed by atoms with van der Waals surface area (Å²) in [7, 11) is 0. The normalized spacial score (nSPS) is 39.0. The highest BCUT2D eigenvalue weighted by Crippen LogP contribution is 2.29. The molecular weight excluding hydrogens is 202 g/mol. The molecule has 1 aliphatic carbocycles. The van der Waals surface area contributed by atoms with Crippen LogP contribution in [0.15, 0.2) is 0 Å². The summed E-state index contributed by atoms with van der Waals surface area (Å²) in [6.45, 7) is 4.48. The van der Waals surface area contributed by atoms with Crippen molar-refractivity contribution in [3.05, 3.63) is 0 Å². The molecule has 0 amide bonds. The van der Waals surface area contributed by atoms with Gasteiger partial charge in [-0.1, -0.05) is 26.2 Å². The molecule has 1 fully saturated rings. The van der Waals surface area contributed by atoms with E-state index < -0.39 is 0 Å². The Morgan fingerprint density at radius 2 is 1.91 bits per heavy atom. The third kappa shape index (κ3) is 3.12. The lowest BCUT2D eigenvalue weighted by molar-refractivity contribution is 0.299. The zero-order valence-corrected chi connectivity index (χ0v) is 9.31. The number of hydrogen-bond acceptors (Lipinski definition) is 1. The summed E-state index contributed by atoms with van der Waals surface area (Å²) in [6.07, 6.45) is 6.64. The molecule has 0 bridgehead atoms. The Morgan fingerprint density at radius 3 is 2.55 bits per heavy atom. The van der Waals surface area contributed by atoms with Crippen molar-refractivity contribution in [1.82, 2.24) is 0 Å². The van der Waals surface area contributed by atoms with Gasteiger partial charge in [0.1, 0.15) is 0 Å². The maximum atomic E-state index is 6.12. The number of nitrogens with two attached hydrogens (primary N) is 1. The van der Waals surface area contributed by atoms with Crippen LogP contribution < -0.4 is 5.73 Å². The molecule has 1 nitrogen and oxygen atoms in total. The van der Waals surface area contributed by atoms with Crippen LogP contribution >= 0.6 is 17.0 Å². The van der Waals surface area contributed by atoms with Gasteiger partial charge in [0.2, 0.25) is 0 Å². The van der Waals surface area contributed by atoms with Gasteiger partial charge in [-0.05, 0) is 25.7 Å². The van der Waals surface area contributed by atoms with Gasteiger partial charge >= 0.3 is 0 Å². The van der Waals surface area contributed by atoms with E-state index in [1.807, 2.05) is 0 Å². The predicted octanol–water partition coefficient (Wildman–Crippen LogP) is 2.88. The maximum Gasteiger partial charge on any atom is 0.0151 e. The Labute approximate surface area is 80.5 Å². The van der Waals surface area contributed by atoms with E-state index >= 15 is 0 Å². The quantitative estimate of drug-likeness (QED) is 0.626. The second-order valence-electron chi connectivity index (χ2n) is 4.01. The molecule has 0 aromatic rings. The summed E-state index contributed by atoms with van der Waals surface area (Å²) in [6, 6.07) is 0. The second-order valence-corrected chi connectivity index (χ2v) is 4.01. The van der Waals surface area contributed by atoms with Crippen LogP contribution in [0.2, 0.25) is 0 Å². The minimum atomic E-state index is 0. The highest BCUT2D eigenvalue weighted by atomic mass is 79.9. The van der Waals surface area contributed by atoms with E-state index in [2.05, 4.69) is 13.8 Å². The van der Waals surface area contributed by atoms with Crippen molar-refractivity contribution in [2.75, 3.05) is 0 Å². The van der Waals surface area contributed by atoms with Crippen LogP contribution in [0.25, 0.3) is 0 Å². The molecule has 2 atom stereocenters. The molecule has 0 radical (unpaired) electrons. The first-order valence-electron chi connectivity index (χ1n) is 4.42. The molecular formula is C9H20BrN. The molecule has 2 heteroatoms. The molecule has 0 aromatic heterocycles. The van der Waals surface area contributed by atoms with Crippen molar-refractivity contribution in [3.8, 4) is 0 Å². The summed E-state index contributed by atoms with van der Waals surface area (Å²) in [4.78, 5) is 0. The topological polar surface area (TPSA) is 26.0 Å². The van der Waals surface area contributed by atoms with Gasteiger partial charge in [0.15, 0.2) is 0 Å². The molecule has 0 heterocycles. The van der Waals surface area contributed by atoms with Gasteiger partial charge in [0, 0.05) is 5.54 Å². The summed E-state index contributed by atoms with van der Waals surface area (Å²) in [5, 5.41) is 0. The summed E-state index contributed by atoms with van der Waals surface area (Å²) < 4.78 is 0. The SMILES string of the molecule is Br.CC1CCCCCC1(C)N. The van der Waals surface area contributed by atoms with E-state index in [0.29, 0.717) is 0 Å². The van der Waals surface area contributed by atoms with E-state index in [1.54, 1.807) is 0 Å². The minimum Gasteiger partial charge on any atom is -0.325 e. The van der Waals surface area contributed by atoms with Crippen LogP contribution in [-0.4, -0.2) is 5.54 Å². The highest BCUT2D eigenvalue weighted by Gasteiger charge is 2.27. The van der Waals surface area contributed by atoms with Crippen LogP contribution in [-0.2, 0) is 0 Å². The Morgan fingerprint density at radius 1 is 1.27 bits per heavy atom. The Balaban J connectivity index is 0.000001000. The second kappa shape index (κ2) is 4.46. The first-order valence-corrected chi connectivity index (χ1v) is 4.42. The first kappa shape index (κ1) is 11.4. The summed E-state index contributed by atoms with van der Waals surface area (Å²) >= 11 is 0. The molecule has 1 aliphatic rings. The van der Waals surface area contributed by atoms with Crippen LogP contribution in [0.5, 0.6) is 0 Å². The van der Waals surface area contributed by atoms with Gasteiger partial charge in [-0.25, -0.2) is 0 Å². The molecule has 0 spiro atoms. The van der Waals surface area contributed by atoms with Crippen molar-refractivity contribution in [2.45, 2.75) is 51.5 Å². The van der Waals surface area contributed by atoms with Crippen molar-refractivity contribution in [3.63, 3.8) is 0 Å². The highest BCUT2D eigenvalue weighted by molar-refractivity contribution is 8.93. The average Bonchev–Trinajstić information content (AvgIpc) is 1.96. The lowest BCUT2D eigenvalue weighted by Crippen LogP contribution is -2.41. The molecule has 2 N–H and O–H groups in total. The molecule has 0 saturated heterocycles. The summed E-state index contributed by atoms with van der Waals surface area (Å²) in [5.74, 6) is 0.718. The van der Waals surface area contributed by atoms with Crippen molar-refractivity contribution >= 4 is 17.0 Å². The molecule has 68 valence electrons. The van der Waals surface area contributed by atoms with Crippen LogP contribution in [0.3, 0.4) is 0 Å². The monoisotopic (exact) mass is 221 g/mol. The molecule has 2 unspecified atom stereocenters. The van der Waals surface area contributed by atoms with Gasteiger partial charge < -0.3 is 5.73 Å². The van der Waals surface area contributed by atoms with Crippen molar-refractivity contribution in [1.29, 1.82) is 0 Å². The average molecular weight is 222 g/mol. The molecule has 11 heavy (non-hydrogen) atoms. The minimum absolute atomic E-state index is 0. The third-order valence-corrected chi connectivity index (χ3v) is 2.98. The largest absolute Gasteiger partial charge is 0.325 e. The first-order chi connectivity index (χ1) is 4.63. The van der Waals surface area contributed by atoms with Crippen LogP contribution in [0.1, 0.15) is 46.0 Å². The van der Waals surface area contributed by atoms with Gasteiger partial charge in [-0.2, -0.15) is 0 Å². The lowest BCUT2D eigenvalue weighted by Gasteiger charge is -2.29. The van der Waals surface area contributed by atoms with E-state index in [9.17, 15) is 0 Å². The number of rotatable bonds is 0. The molecule has 0 aliphatic heterocycles. The van der Waals surface area contributed by atoms with E-state index in [4.69, 9.17) is 5.73 Å². The van der Waals surface area contributed by atoms with Gasteiger partial charge in [-0.15, -0.1) is 17.0 Å². The van der Waals surface area contributed by atoms with E-state index in [-0.39, 0.29) is 22.5 Å². The number of hydrogen-bond donors (Lipinski definition) is 1. The maximum absolute atomic E-state index is 6.12. The lowest BCUT2D eigenvalue weighted by atomic mass is 9.84. The van der Waals surface area contributed by atoms with Crippen LogP contribution in [0, 0.1) is 5.92 Å². The molecule has 1 rings (SSSR count). The number of halogens is 1. The van der Waals surface area contributed by atoms with Gasteiger partial charge in [0.05, 0.1) is 0 Å². The fraction of sp³-hybridized carbons (Fsp3) is 1.00. The zero-order chi connectivity index (χ0) is 7.61. The third-order valence-electron chi connectivity index (χ3n) is 2.98. The Bertz CT molecular complexity index is 112. The van der Waals surface area contributed by atoms with Gasteiger partial charge in [-0.3, -0.25) is 0 Å². The zero-order valence-electron chi connectivity index (χ0n) is 7.60. The van der Waals surface area contributed by atoms with Crippen molar-refractivity contribution < 1.29 is 0 Å². The van der Waals surface area contributed by atoms with Crippen LogP contribution in [0.4, 0.5) is 0 Å². The van der Waals surface area contributed by atoms with Gasteiger partial charge in [0.25, 0.3) is 0 Å². The predicted molar refractivity (Wildman–Crippen MR) is 55.2 cm³/mol. The Kier molecular flexibility index (Phi) is 4.64. The summed E-state index contributed by atoms with van der Waals surface area (Å²) in [5.41, 5.74) is 6.24. The molecule has 1 saturated carbocycles. The molecule has 0 aromatic carbocycles. The Hall–Kier alpha value is 0.440. The fourth-order valence-corrected chi connectivity index (χ4v) is 1.71. The fourth-order valence-electron chi connectivity index (χ4n) is 1.71. The van der Waals surface area contributed by atoms with E-state index in [0.717, 1.165) is 5.92 Å². The smallest absolute Gasteiger partial charge is 0.0151 e. The standard InChI is InChI=1S/C9H19N.BrH/c1-8-6-4-3-5-7-9(8,2)10;/h8H,3-7,10H2,1-2H3;1H. The van der Waals surface area contributed by atoms with E-state index in [1.165, 1.54) is 32.1 Å².